The van der Waals surface area contributed by atoms with Gasteiger partial charge in [-0.15, -0.1) is 0 Å². The van der Waals surface area contributed by atoms with Crippen molar-refractivity contribution in [3.8, 4) is 0 Å². The highest BCUT2D eigenvalue weighted by Crippen LogP contribution is 2.38. The number of piperidine rings is 1. The van der Waals surface area contributed by atoms with Gasteiger partial charge in [0.2, 0.25) is 5.91 Å². The van der Waals surface area contributed by atoms with Crippen LogP contribution in [0.1, 0.15) is 59.5 Å². The fourth-order valence-corrected chi connectivity index (χ4v) is 6.24. The van der Waals surface area contributed by atoms with E-state index < -0.39 is 0 Å². The Balaban J connectivity index is 1.19. The summed E-state index contributed by atoms with van der Waals surface area (Å²) in [7, 11) is 1.82. The molecule has 2 aliphatic heterocycles. The average molecular weight is 548 g/mol. The van der Waals surface area contributed by atoms with Crippen LogP contribution in [0.2, 0.25) is 5.02 Å². The first-order valence-electron chi connectivity index (χ1n) is 13.9. The zero-order chi connectivity index (χ0) is 27.5. The van der Waals surface area contributed by atoms with Crippen LogP contribution in [0.15, 0.2) is 54.6 Å². The highest BCUT2D eigenvalue weighted by molar-refractivity contribution is 6.30. The molecule has 1 unspecified atom stereocenters. The molecule has 1 atom stereocenters. The van der Waals surface area contributed by atoms with Crippen molar-refractivity contribution in [3.63, 3.8) is 0 Å². The van der Waals surface area contributed by atoms with Gasteiger partial charge in [0, 0.05) is 38.2 Å². The summed E-state index contributed by atoms with van der Waals surface area (Å²) in [6, 6.07) is 12.4. The van der Waals surface area contributed by atoms with Crippen molar-refractivity contribution in [2.24, 2.45) is 0 Å². The van der Waals surface area contributed by atoms with E-state index in [0.29, 0.717) is 11.6 Å². The van der Waals surface area contributed by atoms with E-state index in [-0.39, 0.29) is 24.6 Å². The van der Waals surface area contributed by atoms with Gasteiger partial charge in [-0.3, -0.25) is 9.69 Å². The minimum atomic E-state index is -0.328. The number of hydrogen-bond acceptors (Lipinski definition) is 4. The van der Waals surface area contributed by atoms with E-state index in [0.717, 1.165) is 69.4 Å². The second-order valence-electron chi connectivity index (χ2n) is 11.1. The van der Waals surface area contributed by atoms with E-state index in [9.17, 15) is 9.59 Å². The molecule has 0 radical (unpaired) electrons. The van der Waals surface area contributed by atoms with E-state index in [1.165, 1.54) is 27.8 Å². The van der Waals surface area contributed by atoms with Crippen LogP contribution in [0.5, 0.6) is 0 Å². The summed E-state index contributed by atoms with van der Waals surface area (Å²) in [6.45, 7) is 9.93. The molecule has 1 fully saturated rings. The van der Waals surface area contributed by atoms with Crippen molar-refractivity contribution in [1.29, 1.82) is 0 Å². The van der Waals surface area contributed by atoms with Crippen LogP contribution in [0.4, 0.5) is 4.79 Å². The number of aryl methyl sites for hydroxylation is 2. The van der Waals surface area contributed by atoms with Gasteiger partial charge in [-0.25, -0.2) is 4.79 Å². The topological polar surface area (TPSA) is 53.1 Å². The molecule has 7 heteroatoms. The molecule has 2 heterocycles. The summed E-state index contributed by atoms with van der Waals surface area (Å²) in [5, 5.41) is 0.645. The normalized spacial score (nSPS) is 19.5. The van der Waals surface area contributed by atoms with Gasteiger partial charge >= 0.3 is 6.09 Å². The summed E-state index contributed by atoms with van der Waals surface area (Å²) in [6.07, 6.45) is 6.51. The van der Waals surface area contributed by atoms with Gasteiger partial charge in [-0.1, -0.05) is 48.0 Å². The molecule has 0 N–H and O–H groups in total. The maximum atomic E-state index is 12.9. The van der Waals surface area contributed by atoms with Crippen molar-refractivity contribution in [3.05, 3.63) is 87.5 Å². The first-order valence-corrected chi connectivity index (χ1v) is 14.3. The van der Waals surface area contributed by atoms with Crippen LogP contribution in [-0.4, -0.2) is 66.5 Å². The van der Waals surface area contributed by atoms with Crippen molar-refractivity contribution in [1.82, 2.24) is 14.7 Å². The van der Waals surface area contributed by atoms with Gasteiger partial charge < -0.3 is 14.5 Å². The zero-order valence-electron chi connectivity index (χ0n) is 23.0. The zero-order valence-corrected chi connectivity index (χ0v) is 23.8. The highest BCUT2D eigenvalue weighted by Gasteiger charge is 2.30. The number of fused-ring (bicyclic) bond motifs is 1. The average Bonchev–Trinajstić information content (AvgIpc) is 3.35. The molecule has 1 saturated heterocycles. The molecule has 2 aromatic carbocycles. The molecular weight excluding hydrogens is 510 g/mol. The van der Waals surface area contributed by atoms with E-state index >= 15 is 0 Å². The standard InChI is InChI=1S/C32H38ClN3O3/c1-22-8-14-36(15-9-22)31(37)20-35-12-10-25(11-13-35)27-5-4-26-6-7-30(29(26)19-27)34(3)32(38)39-21-24-16-23(2)17-28(33)18-24/h4-5,10,16-19,30H,1,6-9,11-15,20-21H2,2-3H3. The molecule has 3 aliphatic rings. The molecule has 39 heavy (non-hydrogen) atoms. The number of likely N-dealkylation sites (tertiary alicyclic amines) is 1. The number of halogens is 1. The fraction of sp³-hybridized carbons (Fsp3) is 0.438. The third kappa shape index (κ3) is 6.56. The SMILES string of the molecule is C=C1CCN(C(=O)CN2CC=C(c3ccc4c(c3)C(N(C)C(=O)OCc3cc(C)cc(Cl)c3)CC4)CC2)CC1. The minimum Gasteiger partial charge on any atom is -0.445 e. The number of hydrogen-bond donors (Lipinski definition) is 0. The monoisotopic (exact) mass is 547 g/mol. The number of benzene rings is 2. The number of carbonyl (C=O) groups excluding carboxylic acids is 2. The van der Waals surface area contributed by atoms with Gasteiger partial charge in [0.15, 0.2) is 0 Å². The predicted octanol–water partition coefficient (Wildman–Crippen LogP) is 6.17. The first kappa shape index (κ1) is 27.5. The second kappa shape index (κ2) is 12.0. The highest BCUT2D eigenvalue weighted by atomic mass is 35.5. The molecule has 206 valence electrons. The van der Waals surface area contributed by atoms with Crippen LogP contribution in [0.3, 0.4) is 0 Å². The van der Waals surface area contributed by atoms with Gasteiger partial charge in [0.25, 0.3) is 0 Å². The minimum absolute atomic E-state index is 0.00696. The molecule has 0 spiro atoms. The quantitative estimate of drug-likeness (QED) is 0.406. The second-order valence-corrected chi connectivity index (χ2v) is 11.6. The van der Waals surface area contributed by atoms with Crippen molar-refractivity contribution < 1.29 is 14.3 Å². The lowest BCUT2D eigenvalue weighted by Crippen LogP contribution is -2.44. The number of ether oxygens (including phenoxy) is 1. The Labute approximate surface area is 236 Å². The third-order valence-electron chi connectivity index (χ3n) is 8.26. The first-order chi connectivity index (χ1) is 18.8. The van der Waals surface area contributed by atoms with Crippen LogP contribution in [0, 0.1) is 6.92 Å². The third-order valence-corrected chi connectivity index (χ3v) is 8.48. The molecule has 0 aromatic heterocycles. The van der Waals surface area contributed by atoms with Gasteiger partial charge in [-0.05, 0) is 90.6 Å². The van der Waals surface area contributed by atoms with Crippen LogP contribution < -0.4 is 0 Å². The number of nitrogens with zero attached hydrogens (tertiary/aromatic N) is 3. The van der Waals surface area contributed by atoms with Gasteiger partial charge in [0.1, 0.15) is 6.61 Å². The molecule has 2 aromatic rings. The Hall–Kier alpha value is -3.09. The van der Waals surface area contributed by atoms with Crippen molar-refractivity contribution in [2.75, 3.05) is 39.8 Å². The number of amides is 2. The summed E-state index contributed by atoms with van der Waals surface area (Å²) in [5.74, 6) is 0.222. The Morgan fingerprint density at radius 2 is 1.87 bits per heavy atom. The van der Waals surface area contributed by atoms with E-state index in [2.05, 4.69) is 35.8 Å². The van der Waals surface area contributed by atoms with E-state index in [1.807, 2.05) is 37.1 Å². The maximum absolute atomic E-state index is 12.9. The van der Waals surface area contributed by atoms with Gasteiger partial charge in [0.05, 0.1) is 12.6 Å². The Bertz CT molecular complexity index is 1270. The molecule has 2 amide bonds. The van der Waals surface area contributed by atoms with Crippen molar-refractivity contribution in [2.45, 2.75) is 51.7 Å². The van der Waals surface area contributed by atoms with E-state index in [1.54, 1.807) is 4.90 Å². The molecule has 6 nitrogen and oxygen atoms in total. The van der Waals surface area contributed by atoms with Gasteiger partial charge in [-0.2, -0.15) is 0 Å². The fourth-order valence-electron chi connectivity index (χ4n) is 5.93. The molecule has 5 rings (SSSR count). The molecule has 0 saturated carbocycles. The molecule has 0 bridgehead atoms. The lowest BCUT2D eigenvalue weighted by molar-refractivity contribution is -0.132. The van der Waals surface area contributed by atoms with Crippen LogP contribution >= 0.6 is 11.6 Å². The smallest absolute Gasteiger partial charge is 0.410 e. The molecule has 1 aliphatic carbocycles. The lowest BCUT2D eigenvalue weighted by Gasteiger charge is -2.32. The lowest BCUT2D eigenvalue weighted by atomic mass is 9.95. The van der Waals surface area contributed by atoms with Crippen LogP contribution in [0.25, 0.3) is 5.57 Å². The van der Waals surface area contributed by atoms with E-state index in [4.69, 9.17) is 16.3 Å². The number of carbonyl (C=O) groups is 2. The Morgan fingerprint density at radius 3 is 2.59 bits per heavy atom. The van der Waals surface area contributed by atoms with Crippen molar-refractivity contribution >= 4 is 29.2 Å². The largest absolute Gasteiger partial charge is 0.445 e. The predicted molar refractivity (Wildman–Crippen MR) is 156 cm³/mol. The summed E-state index contributed by atoms with van der Waals surface area (Å²) in [5.41, 5.74) is 8.19. The Kier molecular flexibility index (Phi) is 8.43. The number of rotatable bonds is 6. The maximum Gasteiger partial charge on any atom is 0.410 e. The summed E-state index contributed by atoms with van der Waals surface area (Å²) >= 11 is 6.16. The molecular formula is C32H38ClN3O3. The Morgan fingerprint density at radius 1 is 1.08 bits per heavy atom. The van der Waals surface area contributed by atoms with Crippen LogP contribution in [-0.2, 0) is 22.6 Å². The summed E-state index contributed by atoms with van der Waals surface area (Å²) in [4.78, 5) is 31.6. The summed E-state index contributed by atoms with van der Waals surface area (Å²) < 4.78 is 5.64.